The van der Waals surface area contributed by atoms with Gasteiger partial charge in [-0.3, -0.25) is 0 Å². The number of anilines is 1. The van der Waals surface area contributed by atoms with E-state index in [1.807, 2.05) is 0 Å². The number of benzene rings is 1. The van der Waals surface area contributed by atoms with Gasteiger partial charge in [-0.05, 0) is 12.1 Å². The zero-order valence-electron chi connectivity index (χ0n) is 9.25. The normalized spacial score (nSPS) is 11.6. The van der Waals surface area contributed by atoms with Crippen LogP contribution in [-0.4, -0.2) is 19.3 Å². The Morgan fingerprint density at radius 2 is 1.94 bits per heavy atom. The van der Waals surface area contributed by atoms with Crippen molar-refractivity contribution >= 4 is 15.7 Å². The third-order valence-corrected chi connectivity index (χ3v) is 4.17. The Kier molecular flexibility index (Phi) is 2.89. The summed E-state index contributed by atoms with van der Waals surface area (Å²) in [6, 6.07) is 8.06. The summed E-state index contributed by atoms with van der Waals surface area (Å²) in [5.41, 5.74) is 6.76. The van der Waals surface area contributed by atoms with E-state index in [1.54, 1.807) is 37.3 Å². The van der Waals surface area contributed by atoms with Crippen LogP contribution in [0.4, 0.5) is 5.88 Å². The minimum atomic E-state index is -3.16. The van der Waals surface area contributed by atoms with Crippen molar-refractivity contribution in [3.05, 3.63) is 30.3 Å². The lowest BCUT2D eigenvalue weighted by Gasteiger charge is -2.01. The van der Waals surface area contributed by atoms with Crippen LogP contribution in [0.25, 0.3) is 11.3 Å². The van der Waals surface area contributed by atoms with Crippen LogP contribution in [-0.2, 0) is 9.84 Å². The van der Waals surface area contributed by atoms with Crippen LogP contribution in [0, 0.1) is 0 Å². The summed E-state index contributed by atoms with van der Waals surface area (Å²) in [4.78, 5) is 0.306. The number of nitrogens with two attached hydrogens (primary N) is 1. The highest BCUT2D eigenvalue weighted by atomic mass is 32.2. The van der Waals surface area contributed by atoms with Crippen LogP contribution in [0.15, 0.2) is 39.8 Å². The van der Waals surface area contributed by atoms with E-state index in [9.17, 15) is 8.42 Å². The predicted molar refractivity (Wildman–Crippen MR) is 64.1 cm³/mol. The zero-order chi connectivity index (χ0) is 12.5. The van der Waals surface area contributed by atoms with Gasteiger partial charge >= 0.3 is 0 Å². The average Bonchev–Trinajstić information content (AvgIpc) is 2.76. The minimum Gasteiger partial charge on any atom is -0.368 e. The third-order valence-electron chi connectivity index (χ3n) is 2.42. The van der Waals surface area contributed by atoms with Gasteiger partial charge in [-0.25, -0.2) is 8.42 Å². The highest BCUT2D eigenvalue weighted by Gasteiger charge is 2.12. The lowest BCUT2D eigenvalue weighted by atomic mass is 10.1. The monoisotopic (exact) mass is 252 g/mol. The molecule has 0 aliphatic carbocycles. The summed E-state index contributed by atoms with van der Waals surface area (Å²) in [5.74, 6) is 0.314. The molecule has 17 heavy (non-hydrogen) atoms. The molecule has 0 saturated carbocycles. The molecule has 0 spiro atoms. The molecule has 0 atom stereocenters. The van der Waals surface area contributed by atoms with Gasteiger partial charge < -0.3 is 10.3 Å². The molecule has 1 heterocycles. The molecule has 2 aromatic rings. The first-order chi connectivity index (χ1) is 8.03. The smallest absolute Gasteiger partial charge is 0.222 e. The van der Waals surface area contributed by atoms with Crippen molar-refractivity contribution in [2.45, 2.75) is 11.8 Å². The van der Waals surface area contributed by atoms with E-state index in [1.165, 1.54) is 0 Å². The molecule has 90 valence electrons. The van der Waals surface area contributed by atoms with Gasteiger partial charge in [0.2, 0.25) is 5.88 Å². The van der Waals surface area contributed by atoms with Gasteiger partial charge in [0.05, 0.1) is 10.6 Å². The summed E-state index contributed by atoms with van der Waals surface area (Å²) in [6.07, 6.45) is 0. The lowest BCUT2D eigenvalue weighted by molar-refractivity contribution is 0.439. The van der Waals surface area contributed by atoms with Crippen LogP contribution in [0.1, 0.15) is 6.92 Å². The Bertz CT molecular complexity index is 614. The van der Waals surface area contributed by atoms with Gasteiger partial charge in [0.15, 0.2) is 9.84 Å². The van der Waals surface area contributed by atoms with Gasteiger partial charge in [-0.1, -0.05) is 24.2 Å². The average molecular weight is 252 g/mol. The van der Waals surface area contributed by atoms with Gasteiger partial charge in [0, 0.05) is 11.6 Å². The molecule has 0 unspecified atom stereocenters. The van der Waals surface area contributed by atoms with Gasteiger partial charge in [0.1, 0.15) is 5.69 Å². The number of hydrogen-bond acceptors (Lipinski definition) is 5. The van der Waals surface area contributed by atoms with Gasteiger partial charge in [0.25, 0.3) is 0 Å². The first-order valence-electron chi connectivity index (χ1n) is 5.08. The fraction of sp³-hybridized carbons (Fsp3) is 0.182. The van der Waals surface area contributed by atoms with E-state index >= 15 is 0 Å². The maximum absolute atomic E-state index is 11.6. The molecule has 0 amide bonds. The minimum absolute atomic E-state index is 0.0866. The third kappa shape index (κ3) is 2.31. The molecule has 1 aromatic heterocycles. The van der Waals surface area contributed by atoms with Crippen LogP contribution in [0.2, 0.25) is 0 Å². The molecule has 0 radical (unpaired) electrons. The van der Waals surface area contributed by atoms with Crippen molar-refractivity contribution in [1.82, 2.24) is 5.16 Å². The second-order valence-corrected chi connectivity index (χ2v) is 5.82. The first-order valence-corrected chi connectivity index (χ1v) is 6.73. The molecule has 5 nitrogen and oxygen atoms in total. The lowest BCUT2D eigenvalue weighted by Crippen LogP contribution is -2.03. The highest BCUT2D eigenvalue weighted by molar-refractivity contribution is 7.91. The van der Waals surface area contributed by atoms with Crippen molar-refractivity contribution in [3.63, 3.8) is 0 Å². The summed E-state index contributed by atoms with van der Waals surface area (Å²) in [5, 5.41) is 3.75. The first kappa shape index (κ1) is 11.7. The van der Waals surface area contributed by atoms with Crippen molar-refractivity contribution in [2.24, 2.45) is 0 Å². The Balaban J connectivity index is 2.37. The summed E-state index contributed by atoms with van der Waals surface area (Å²) in [6.45, 7) is 1.61. The summed E-state index contributed by atoms with van der Waals surface area (Å²) < 4.78 is 27.9. The fourth-order valence-electron chi connectivity index (χ4n) is 1.43. The van der Waals surface area contributed by atoms with Crippen molar-refractivity contribution < 1.29 is 12.9 Å². The van der Waals surface area contributed by atoms with Crippen LogP contribution in [0.3, 0.4) is 0 Å². The number of nitrogen functional groups attached to an aromatic ring is 1. The predicted octanol–water partition coefficient (Wildman–Crippen LogP) is 1.72. The highest BCUT2D eigenvalue weighted by Crippen LogP contribution is 2.22. The molecular weight excluding hydrogens is 240 g/mol. The zero-order valence-corrected chi connectivity index (χ0v) is 10.1. The van der Waals surface area contributed by atoms with E-state index in [0.717, 1.165) is 5.56 Å². The Hall–Kier alpha value is -1.82. The molecule has 2 N–H and O–H groups in total. The Labute approximate surface area is 99.1 Å². The molecule has 0 aliphatic heterocycles. The number of rotatable bonds is 3. The second-order valence-electron chi connectivity index (χ2n) is 3.54. The molecule has 0 fully saturated rings. The van der Waals surface area contributed by atoms with Crippen molar-refractivity contribution in [3.8, 4) is 11.3 Å². The molecule has 0 bridgehead atoms. The van der Waals surface area contributed by atoms with Crippen molar-refractivity contribution in [2.75, 3.05) is 11.5 Å². The number of sulfone groups is 1. The second kappa shape index (κ2) is 4.21. The standard InChI is InChI=1S/C11H12N2O3S/c1-2-17(14,15)9-5-3-8(4-6-9)10-7-11(12)16-13-10/h3-7H,2,12H2,1H3. The Morgan fingerprint density at radius 1 is 1.29 bits per heavy atom. The maximum Gasteiger partial charge on any atom is 0.222 e. The quantitative estimate of drug-likeness (QED) is 0.898. The van der Waals surface area contributed by atoms with E-state index in [0.29, 0.717) is 10.6 Å². The van der Waals surface area contributed by atoms with Crippen LogP contribution in [0.5, 0.6) is 0 Å². The fourth-order valence-corrected chi connectivity index (χ4v) is 2.31. The molecule has 6 heteroatoms. The van der Waals surface area contributed by atoms with Gasteiger partial charge in [-0.2, -0.15) is 0 Å². The van der Waals surface area contributed by atoms with E-state index in [-0.39, 0.29) is 11.6 Å². The Morgan fingerprint density at radius 3 is 2.41 bits per heavy atom. The molecule has 0 aliphatic rings. The topological polar surface area (TPSA) is 86.2 Å². The molecule has 0 saturated heterocycles. The van der Waals surface area contributed by atoms with Gasteiger partial charge in [-0.15, -0.1) is 0 Å². The van der Waals surface area contributed by atoms with E-state index in [4.69, 9.17) is 10.3 Å². The molecule has 1 aromatic carbocycles. The number of hydrogen-bond donors (Lipinski definition) is 1. The van der Waals surface area contributed by atoms with Crippen molar-refractivity contribution in [1.29, 1.82) is 0 Å². The number of nitrogens with zero attached hydrogens (tertiary/aromatic N) is 1. The van der Waals surface area contributed by atoms with Crippen LogP contribution >= 0.6 is 0 Å². The molecular formula is C11H12N2O3S. The largest absolute Gasteiger partial charge is 0.368 e. The summed E-state index contributed by atoms with van der Waals surface area (Å²) >= 11 is 0. The maximum atomic E-state index is 11.6. The molecule has 2 rings (SSSR count). The van der Waals surface area contributed by atoms with E-state index in [2.05, 4.69) is 5.16 Å². The van der Waals surface area contributed by atoms with Crippen LogP contribution < -0.4 is 5.73 Å². The SMILES string of the molecule is CCS(=O)(=O)c1ccc(-c2cc(N)on2)cc1. The van der Waals surface area contributed by atoms with E-state index < -0.39 is 9.84 Å². The number of aromatic nitrogens is 1. The summed E-state index contributed by atoms with van der Waals surface area (Å²) in [7, 11) is -3.16.